The minimum atomic E-state index is -0.638. The van der Waals surface area contributed by atoms with Gasteiger partial charge in [0.15, 0.2) is 0 Å². The van der Waals surface area contributed by atoms with Crippen molar-refractivity contribution in [2.45, 2.75) is 69.9 Å². The van der Waals surface area contributed by atoms with E-state index in [9.17, 15) is 4.79 Å². The predicted molar refractivity (Wildman–Crippen MR) is 87.0 cm³/mol. The molecule has 1 saturated carbocycles. The molecule has 0 aromatic heterocycles. The van der Waals surface area contributed by atoms with Crippen LogP contribution in [0.4, 0.5) is 0 Å². The lowest BCUT2D eigenvalue weighted by Gasteiger charge is -2.33. The van der Waals surface area contributed by atoms with Gasteiger partial charge in [0.1, 0.15) is 0 Å². The van der Waals surface area contributed by atoms with E-state index in [2.05, 4.69) is 24.4 Å². The van der Waals surface area contributed by atoms with Gasteiger partial charge in [0.25, 0.3) is 0 Å². The normalized spacial score (nSPS) is 19.0. The molecule has 1 fully saturated rings. The number of benzene rings is 1. The highest BCUT2D eigenvalue weighted by atomic mass is 16.2. The van der Waals surface area contributed by atoms with Crippen LogP contribution in [0.1, 0.15) is 57.4 Å². The Bertz CT molecular complexity index is 438. The van der Waals surface area contributed by atoms with Gasteiger partial charge in [-0.05, 0) is 31.2 Å². The van der Waals surface area contributed by atoms with Crippen molar-refractivity contribution < 1.29 is 4.79 Å². The second-order valence-corrected chi connectivity index (χ2v) is 6.37. The molecular formula is C18H28N2O. The van der Waals surface area contributed by atoms with Crippen LogP contribution in [0.3, 0.4) is 0 Å². The Kier molecular flexibility index (Phi) is 5.80. The fraction of sp³-hybridized carbons (Fsp3) is 0.611. The zero-order valence-corrected chi connectivity index (χ0v) is 13.1. The first-order chi connectivity index (χ1) is 10.1. The minimum absolute atomic E-state index is 0.0524. The molecule has 116 valence electrons. The van der Waals surface area contributed by atoms with Crippen LogP contribution in [0.15, 0.2) is 30.3 Å². The van der Waals surface area contributed by atoms with Crippen LogP contribution in [0, 0.1) is 0 Å². The third kappa shape index (κ3) is 4.57. The number of amides is 1. The molecule has 0 heterocycles. The average Bonchev–Trinajstić information content (AvgIpc) is 2.49. The molecule has 1 aromatic carbocycles. The van der Waals surface area contributed by atoms with Crippen LogP contribution >= 0.6 is 0 Å². The third-order valence-corrected chi connectivity index (χ3v) is 4.50. The molecule has 1 aliphatic rings. The third-order valence-electron chi connectivity index (χ3n) is 4.50. The molecule has 0 aliphatic heterocycles. The summed E-state index contributed by atoms with van der Waals surface area (Å²) in [5.41, 5.74) is 6.96. The maximum Gasteiger partial charge on any atom is 0.240 e. The van der Waals surface area contributed by atoms with Gasteiger partial charge in [-0.15, -0.1) is 0 Å². The zero-order valence-electron chi connectivity index (χ0n) is 13.1. The van der Waals surface area contributed by atoms with E-state index in [1.807, 2.05) is 18.2 Å². The van der Waals surface area contributed by atoms with Crippen LogP contribution in [0.25, 0.3) is 0 Å². The molecule has 1 aromatic rings. The number of carbonyl (C=O) groups is 1. The molecule has 0 spiro atoms. The van der Waals surface area contributed by atoms with Gasteiger partial charge in [-0.3, -0.25) is 4.79 Å². The SMILES string of the molecule is CCCC(Cc1ccccc1)NC(=O)C1(N)CCCCC1. The van der Waals surface area contributed by atoms with Crippen LogP contribution < -0.4 is 11.1 Å². The molecule has 1 atom stereocenters. The van der Waals surface area contributed by atoms with Crippen molar-refractivity contribution >= 4 is 5.91 Å². The molecule has 2 rings (SSSR count). The van der Waals surface area contributed by atoms with E-state index in [1.165, 1.54) is 12.0 Å². The lowest BCUT2D eigenvalue weighted by Crippen LogP contribution is -2.57. The highest BCUT2D eigenvalue weighted by Gasteiger charge is 2.36. The first kappa shape index (κ1) is 16.0. The van der Waals surface area contributed by atoms with Crippen molar-refractivity contribution in [2.75, 3.05) is 0 Å². The fourth-order valence-corrected chi connectivity index (χ4v) is 3.21. The molecule has 0 bridgehead atoms. The maximum absolute atomic E-state index is 12.6. The number of hydrogen-bond acceptors (Lipinski definition) is 2. The van der Waals surface area contributed by atoms with Crippen LogP contribution in [0.2, 0.25) is 0 Å². The van der Waals surface area contributed by atoms with Crippen molar-refractivity contribution in [1.82, 2.24) is 5.32 Å². The lowest BCUT2D eigenvalue weighted by atomic mass is 9.81. The van der Waals surface area contributed by atoms with Crippen molar-refractivity contribution in [3.63, 3.8) is 0 Å². The summed E-state index contributed by atoms with van der Waals surface area (Å²) in [7, 11) is 0. The second kappa shape index (κ2) is 7.60. The quantitative estimate of drug-likeness (QED) is 0.844. The summed E-state index contributed by atoms with van der Waals surface area (Å²) in [6.45, 7) is 2.16. The van der Waals surface area contributed by atoms with Gasteiger partial charge in [-0.1, -0.05) is 62.9 Å². The van der Waals surface area contributed by atoms with Gasteiger partial charge in [-0.25, -0.2) is 0 Å². The first-order valence-corrected chi connectivity index (χ1v) is 8.28. The molecular weight excluding hydrogens is 260 g/mol. The number of hydrogen-bond donors (Lipinski definition) is 2. The highest BCUT2D eigenvalue weighted by molar-refractivity contribution is 5.86. The largest absolute Gasteiger partial charge is 0.351 e. The van der Waals surface area contributed by atoms with Gasteiger partial charge in [-0.2, -0.15) is 0 Å². The summed E-state index contributed by atoms with van der Waals surface area (Å²) < 4.78 is 0. The Morgan fingerprint density at radius 3 is 2.52 bits per heavy atom. The van der Waals surface area contributed by atoms with Gasteiger partial charge in [0.05, 0.1) is 5.54 Å². The Morgan fingerprint density at radius 2 is 1.90 bits per heavy atom. The molecule has 1 unspecified atom stereocenters. The monoisotopic (exact) mass is 288 g/mol. The summed E-state index contributed by atoms with van der Waals surface area (Å²) in [4.78, 5) is 12.6. The van der Waals surface area contributed by atoms with Gasteiger partial charge in [0, 0.05) is 6.04 Å². The highest BCUT2D eigenvalue weighted by Crippen LogP contribution is 2.26. The Balaban J connectivity index is 1.97. The molecule has 3 N–H and O–H groups in total. The molecule has 3 nitrogen and oxygen atoms in total. The lowest BCUT2D eigenvalue weighted by molar-refractivity contribution is -0.128. The van der Waals surface area contributed by atoms with Gasteiger partial charge in [0.2, 0.25) is 5.91 Å². The van der Waals surface area contributed by atoms with E-state index in [-0.39, 0.29) is 11.9 Å². The Labute approximate surface area is 128 Å². The predicted octanol–water partition coefficient (Wildman–Crippen LogP) is 3.18. The van der Waals surface area contributed by atoms with Crippen LogP contribution in [0.5, 0.6) is 0 Å². The molecule has 1 amide bonds. The molecule has 1 aliphatic carbocycles. The standard InChI is InChI=1S/C18H28N2O/c1-2-9-16(14-15-10-5-3-6-11-15)20-17(21)18(19)12-7-4-8-13-18/h3,5-6,10-11,16H,2,4,7-9,12-14,19H2,1H3,(H,20,21). The van der Waals surface area contributed by atoms with Crippen molar-refractivity contribution in [2.24, 2.45) is 5.73 Å². The van der Waals surface area contributed by atoms with E-state index in [4.69, 9.17) is 5.73 Å². The average molecular weight is 288 g/mol. The number of carbonyl (C=O) groups excluding carboxylic acids is 1. The molecule has 21 heavy (non-hydrogen) atoms. The zero-order chi connectivity index (χ0) is 15.1. The summed E-state index contributed by atoms with van der Waals surface area (Å²) in [5.74, 6) is 0.0524. The second-order valence-electron chi connectivity index (χ2n) is 6.37. The van der Waals surface area contributed by atoms with Crippen LogP contribution in [-0.2, 0) is 11.2 Å². The summed E-state index contributed by atoms with van der Waals surface area (Å²) in [6, 6.07) is 10.5. The fourth-order valence-electron chi connectivity index (χ4n) is 3.21. The summed E-state index contributed by atoms with van der Waals surface area (Å²) in [5, 5.41) is 3.21. The maximum atomic E-state index is 12.6. The topological polar surface area (TPSA) is 55.1 Å². The van der Waals surface area contributed by atoms with E-state index < -0.39 is 5.54 Å². The minimum Gasteiger partial charge on any atom is -0.351 e. The van der Waals surface area contributed by atoms with Crippen molar-refractivity contribution in [1.29, 1.82) is 0 Å². The summed E-state index contributed by atoms with van der Waals surface area (Å²) in [6.07, 6.45) is 7.94. The Morgan fingerprint density at radius 1 is 1.24 bits per heavy atom. The first-order valence-electron chi connectivity index (χ1n) is 8.28. The smallest absolute Gasteiger partial charge is 0.240 e. The van der Waals surface area contributed by atoms with E-state index >= 15 is 0 Å². The van der Waals surface area contributed by atoms with E-state index in [0.29, 0.717) is 0 Å². The number of rotatable bonds is 6. The van der Waals surface area contributed by atoms with Crippen LogP contribution in [-0.4, -0.2) is 17.5 Å². The van der Waals surface area contributed by atoms with Crippen molar-refractivity contribution in [3.05, 3.63) is 35.9 Å². The number of nitrogens with two attached hydrogens (primary N) is 1. The van der Waals surface area contributed by atoms with E-state index in [1.54, 1.807) is 0 Å². The molecule has 3 heteroatoms. The molecule has 0 radical (unpaired) electrons. The van der Waals surface area contributed by atoms with Crippen molar-refractivity contribution in [3.8, 4) is 0 Å². The van der Waals surface area contributed by atoms with E-state index in [0.717, 1.165) is 44.9 Å². The summed E-state index contributed by atoms with van der Waals surface area (Å²) >= 11 is 0. The Hall–Kier alpha value is -1.35. The van der Waals surface area contributed by atoms with Gasteiger partial charge >= 0.3 is 0 Å². The molecule has 0 saturated heterocycles. The van der Waals surface area contributed by atoms with Gasteiger partial charge < -0.3 is 11.1 Å². The number of nitrogens with one attached hydrogen (secondary N) is 1.